The van der Waals surface area contributed by atoms with Crippen molar-refractivity contribution in [3.63, 3.8) is 0 Å². The average Bonchev–Trinajstić information content (AvgIpc) is 2.21. The second kappa shape index (κ2) is 5.24. The highest BCUT2D eigenvalue weighted by Crippen LogP contribution is 2.27. The van der Waals surface area contributed by atoms with Gasteiger partial charge in [0.1, 0.15) is 5.75 Å². The highest BCUT2D eigenvalue weighted by atomic mass is 16.5. The lowest BCUT2D eigenvalue weighted by molar-refractivity contribution is 0.202. The molecule has 0 saturated heterocycles. The fourth-order valence-electron chi connectivity index (χ4n) is 1.37. The van der Waals surface area contributed by atoms with Gasteiger partial charge < -0.3 is 9.84 Å². The molecule has 0 aromatic heterocycles. The molecule has 15 heavy (non-hydrogen) atoms. The number of carboxylic acid groups (broad SMARTS) is 1. The molecule has 4 heteroatoms. The van der Waals surface area contributed by atoms with Crippen LogP contribution in [0.3, 0.4) is 0 Å². The fraction of sp³-hybridized carbons (Fsp3) is 0.364. The lowest BCUT2D eigenvalue weighted by Gasteiger charge is -2.20. The van der Waals surface area contributed by atoms with E-state index in [9.17, 15) is 4.79 Å². The molecule has 1 rings (SSSR count). The van der Waals surface area contributed by atoms with E-state index in [1.54, 1.807) is 25.1 Å². The molecule has 0 aliphatic rings. The highest BCUT2D eigenvalue weighted by molar-refractivity contribution is 5.88. The maximum atomic E-state index is 11.0. The first-order chi connectivity index (χ1) is 7.20. The van der Waals surface area contributed by atoms with Crippen LogP contribution in [-0.2, 0) is 0 Å². The SMILES string of the molecule is CCOc1ccccc1N(CC)C(=O)O. The van der Waals surface area contributed by atoms with Crippen molar-refractivity contribution in [2.45, 2.75) is 13.8 Å². The third kappa shape index (κ3) is 2.62. The normalized spacial score (nSPS) is 9.73. The minimum atomic E-state index is -0.968. The van der Waals surface area contributed by atoms with Gasteiger partial charge in [-0.25, -0.2) is 4.79 Å². The third-order valence-corrected chi connectivity index (χ3v) is 2.00. The monoisotopic (exact) mass is 209 g/mol. The number of hydrogen-bond acceptors (Lipinski definition) is 2. The maximum Gasteiger partial charge on any atom is 0.411 e. The Bertz CT molecular complexity index is 338. The van der Waals surface area contributed by atoms with Crippen molar-refractivity contribution in [2.75, 3.05) is 18.1 Å². The summed E-state index contributed by atoms with van der Waals surface area (Å²) in [5.41, 5.74) is 0.592. The van der Waals surface area contributed by atoms with Gasteiger partial charge >= 0.3 is 6.09 Å². The number of nitrogens with zero attached hydrogens (tertiary/aromatic N) is 1. The van der Waals surface area contributed by atoms with Gasteiger partial charge in [-0.05, 0) is 26.0 Å². The molecule has 0 spiro atoms. The van der Waals surface area contributed by atoms with Crippen LogP contribution in [0.25, 0.3) is 0 Å². The van der Waals surface area contributed by atoms with Gasteiger partial charge in [0.15, 0.2) is 0 Å². The second-order valence-corrected chi connectivity index (χ2v) is 2.93. The Kier molecular flexibility index (Phi) is 3.97. The summed E-state index contributed by atoms with van der Waals surface area (Å²) < 4.78 is 5.36. The summed E-state index contributed by atoms with van der Waals surface area (Å²) in [6.07, 6.45) is -0.968. The van der Waals surface area contributed by atoms with Gasteiger partial charge in [-0.15, -0.1) is 0 Å². The molecule has 0 radical (unpaired) electrons. The van der Waals surface area contributed by atoms with Gasteiger partial charge in [-0.3, -0.25) is 4.90 Å². The fourth-order valence-corrected chi connectivity index (χ4v) is 1.37. The molecule has 0 aliphatic carbocycles. The van der Waals surface area contributed by atoms with Crippen LogP contribution in [0.2, 0.25) is 0 Å². The Morgan fingerprint density at radius 2 is 2.07 bits per heavy atom. The average molecular weight is 209 g/mol. The Labute approximate surface area is 89.1 Å². The molecule has 1 N–H and O–H groups in total. The quantitative estimate of drug-likeness (QED) is 0.829. The molecule has 0 unspecified atom stereocenters. The first-order valence-corrected chi connectivity index (χ1v) is 4.93. The zero-order valence-corrected chi connectivity index (χ0v) is 8.93. The number of carbonyl (C=O) groups is 1. The van der Waals surface area contributed by atoms with Crippen molar-refractivity contribution in [2.24, 2.45) is 0 Å². The van der Waals surface area contributed by atoms with Crippen molar-refractivity contribution in [3.8, 4) is 5.75 Å². The predicted molar refractivity (Wildman–Crippen MR) is 58.7 cm³/mol. The third-order valence-electron chi connectivity index (χ3n) is 2.00. The number of hydrogen-bond donors (Lipinski definition) is 1. The van der Waals surface area contributed by atoms with Crippen LogP contribution in [-0.4, -0.2) is 24.4 Å². The van der Waals surface area contributed by atoms with Gasteiger partial charge in [0.05, 0.1) is 12.3 Å². The largest absolute Gasteiger partial charge is 0.492 e. The summed E-state index contributed by atoms with van der Waals surface area (Å²) in [6.45, 7) is 4.58. The number of anilines is 1. The summed E-state index contributed by atoms with van der Waals surface area (Å²) in [4.78, 5) is 12.2. The smallest absolute Gasteiger partial charge is 0.411 e. The van der Waals surface area contributed by atoms with Gasteiger partial charge in [0.2, 0.25) is 0 Å². The van der Waals surface area contributed by atoms with E-state index in [1.165, 1.54) is 4.90 Å². The molecule has 0 bridgehead atoms. The van der Waals surface area contributed by atoms with E-state index < -0.39 is 6.09 Å². The predicted octanol–water partition coefficient (Wildman–Crippen LogP) is 2.59. The van der Waals surface area contributed by atoms with Crippen molar-refractivity contribution in [3.05, 3.63) is 24.3 Å². The van der Waals surface area contributed by atoms with E-state index in [0.717, 1.165) is 0 Å². The summed E-state index contributed by atoms with van der Waals surface area (Å²) in [5.74, 6) is 0.601. The van der Waals surface area contributed by atoms with Gasteiger partial charge in [-0.2, -0.15) is 0 Å². The van der Waals surface area contributed by atoms with E-state index in [2.05, 4.69) is 0 Å². The molecule has 1 amide bonds. The van der Waals surface area contributed by atoms with Crippen LogP contribution >= 0.6 is 0 Å². The summed E-state index contributed by atoms with van der Waals surface area (Å²) in [7, 11) is 0. The number of ether oxygens (including phenoxy) is 1. The van der Waals surface area contributed by atoms with E-state index in [-0.39, 0.29) is 0 Å². The molecular weight excluding hydrogens is 194 g/mol. The zero-order valence-electron chi connectivity index (χ0n) is 8.93. The van der Waals surface area contributed by atoms with Crippen molar-refractivity contribution >= 4 is 11.8 Å². The second-order valence-electron chi connectivity index (χ2n) is 2.93. The summed E-state index contributed by atoms with van der Waals surface area (Å²) >= 11 is 0. The van der Waals surface area contributed by atoms with Crippen LogP contribution in [0, 0.1) is 0 Å². The number of para-hydroxylation sites is 2. The van der Waals surface area contributed by atoms with Gasteiger partial charge in [0, 0.05) is 6.54 Å². The number of benzene rings is 1. The van der Waals surface area contributed by atoms with E-state index in [4.69, 9.17) is 9.84 Å². The molecule has 82 valence electrons. The topological polar surface area (TPSA) is 49.8 Å². The van der Waals surface area contributed by atoms with Crippen molar-refractivity contribution in [1.29, 1.82) is 0 Å². The lowest BCUT2D eigenvalue weighted by Crippen LogP contribution is -2.29. The van der Waals surface area contributed by atoms with Crippen LogP contribution in [0.5, 0.6) is 5.75 Å². The lowest BCUT2D eigenvalue weighted by atomic mass is 10.2. The number of amides is 1. The molecule has 1 aromatic rings. The molecule has 4 nitrogen and oxygen atoms in total. The van der Waals surface area contributed by atoms with Crippen molar-refractivity contribution in [1.82, 2.24) is 0 Å². The summed E-state index contributed by atoms with van der Waals surface area (Å²) in [6, 6.07) is 7.13. The van der Waals surface area contributed by atoms with E-state index >= 15 is 0 Å². The number of rotatable bonds is 4. The Morgan fingerprint density at radius 1 is 1.40 bits per heavy atom. The van der Waals surface area contributed by atoms with Crippen LogP contribution in [0.15, 0.2) is 24.3 Å². The molecular formula is C11H15NO3. The van der Waals surface area contributed by atoms with Crippen LogP contribution in [0.1, 0.15) is 13.8 Å². The Hall–Kier alpha value is -1.71. The minimum Gasteiger partial charge on any atom is -0.492 e. The van der Waals surface area contributed by atoms with Gasteiger partial charge in [-0.1, -0.05) is 12.1 Å². The Balaban J connectivity index is 3.04. The van der Waals surface area contributed by atoms with E-state index in [0.29, 0.717) is 24.6 Å². The highest BCUT2D eigenvalue weighted by Gasteiger charge is 2.15. The molecule has 0 fully saturated rings. The molecule has 0 saturated carbocycles. The molecule has 1 aromatic carbocycles. The minimum absolute atomic E-state index is 0.402. The summed E-state index contributed by atoms with van der Waals surface area (Å²) in [5, 5.41) is 8.99. The maximum absolute atomic E-state index is 11.0. The first kappa shape index (κ1) is 11.4. The molecule has 0 atom stereocenters. The van der Waals surface area contributed by atoms with Crippen molar-refractivity contribution < 1.29 is 14.6 Å². The van der Waals surface area contributed by atoms with E-state index in [1.807, 2.05) is 13.0 Å². The van der Waals surface area contributed by atoms with Crippen LogP contribution < -0.4 is 9.64 Å². The molecule has 0 aliphatic heterocycles. The molecule has 0 heterocycles. The standard InChI is InChI=1S/C11H15NO3/c1-3-12(11(13)14)9-7-5-6-8-10(9)15-4-2/h5-8H,3-4H2,1-2H3,(H,13,14). The van der Waals surface area contributed by atoms with Gasteiger partial charge in [0.25, 0.3) is 0 Å². The Morgan fingerprint density at radius 3 is 2.60 bits per heavy atom. The zero-order chi connectivity index (χ0) is 11.3. The van der Waals surface area contributed by atoms with Crippen LogP contribution in [0.4, 0.5) is 10.5 Å². The first-order valence-electron chi connectivity index (χ1n) is 4.93.